The van der Waals surface area contributed by atoms with E-state index >= 15 is 0 Å². The van der Waals surface area contributed by atoms with Crippen LogP contribution in [-0.4, -0.2) is 18.5 Å². The van der Waals surface area contributed by atoms with Crippen LogP contribution in [0.1, 0.15) is 31.1 Å². The van der Waals surface area contributed by atoms with E-state index in [1.165, 1.54) is 0 Å². The third-order valence-electron chi connectivity index (χ3n) is 2.67. The Labute approximate surface area is 107 Å². The van der Waals surface area contributed by atoms with Crippen molar-refractivity contribution in [1.82, 2.24) is 5.32 Å². The number of amides is 1. The molecule has 3 N–H and O–H groups in total. The molecular weight excluding hydrogens is 236 g/mol. The molecule has 94 valence electrons. The smallest absolute Gasteiger partial charge is 0.251 e. The van der Waals surface area contributed by atoms with Gasteiger partial charge in [-0.05, 0) is 23.6 Å². The third kappa shape index (κ3) is 4.02. The van der Waals surface area contributed by atoms with Crippen LogP contribution in [0, 0.1) is 5.41 Å². The highest BCUT2D eigenvalue weighted by Gasteiger charge is 2.25. The lowest BCUT2D eigenvalue weighted by Crippen LogP contribution is -2.48. The van der Waals surface area contributed by atoms with Crippen molar-refractivity contribution in [2.24, 2.45) is 11.1 Å². The summed E-state index contributed by atoms with van der Waals surface area (Å²) in [5, 5.41) is 3.48. The Balaban J connectivity index is 2.78. The third-order valence-corrected chi connectivity index (χ3v) is 2.91. The van der Waals surface area contributed by atoms with Crippen LogP contribution in [0.3, 0.4) is 0 Å². The number of rotatable bonds is 3. The average molecular weight is 255 g/mol. The molecule has 1 rings (SSSR count). The minimum atomic E-state index is -0.141. The van der Waals surface area contributed by atoms with Gasteiger partial charge in [0.25, 0.3) is 5.91 Å². The lowest BCUT2D eigenvalue weighted by atomic mass is 9.86. The average Bonchev–Trinajstić information content (AvgIpc) is 2.23. The molecule has 0 saturated carbocycles. The number of hydrogen-bond acceptors (Lipinski definition) is 2. The number of nitrogens with two attached hydrogens (primary N) is 1. The summed E-state index contributed by atoms with van der Waals surface area (Å²) in [5.74, 6) is -0.141. The van der Waals surface area contributed by atoms with Crippen molar-refractivity contribution >= 4 is 17.5 Å². The van der Waals surface area contributed by atoms with Crippen LogP contribution in [0.25, 0.3) is 0 Å². The fraction of sp³-hybridized carbons (Fsp3) is 0.462. The van der Waals surface area contributed by atoms with Gasteiger partial charge in [-0.25, -0.2) is 0 Å². The molecule has 0 aromatic heterocycles. The zero-order chi connectivity index (χ0) is 13.1. The first-order valence-corrected chi connectivity index (χ1v) is 5.99. The predicted octanol–water partition coefficient (Wildman–Crippen LogP) is 2.44. The van der Waals surface area contributed by atoms with Crippen molar-refractivity contribution in [3.8, 4) is 0 Å². The van der Waals surface area contributed by atoms with Crippen molar-refractivity contribution in [3.05, 3.63) is 34.9 Å². The Kier molecular flexibility index (Phi) is 4.54. The van der Waals surface area contributed by atoms with Crippen LogP contribution in [0.2, 0.25) is 5.02 Å². The van der Waals surface area contributed by atoms with Gasteiger partial charge in [-0.2, -0.15) is 0 Å². The van der Waals surface area contributed by atoms with Gasteiger partial charge in [0.2, 0.25) is 0 Å². The molecular formula is C13H19ClN2O. The second-order valence-corrected chi connectivity index (χ2v) is 5.57. The van der Waals surface area contributed by atoms with E-state index in [-0.39, 0.29) is 17.4 Å². The van der Waals surface area contributed by atoms with E-state index in [0.29, 0.717) is 17.1 Å². The molecule has 1 amide bonds. The molecule has 17 heavy (non-hydrogen) atoms. The Morgan fingerprint density at radius 3 is 2.59 bits per heavy atom. The summed E-state index contributed by atoms with van der Waals surface area (Å²) in [6, 6.07) is 6.81. The minimum absolute atomic E-state index is 0.0611. The number of halogens is 1. The summed E-state index contributed by atoms with van der Waals surface area (Å²) < 4.78 is 0. The Morgan fingerprint density at radius 2 is 2.12 bits per heavy atom. The zero-order valence-electron chi connectivity index (χ0n) is 10.5. The summed E-state index contributed by atoms with van der Waals surface area (Å²) in [6.45, 7) is 6.55. The molecule has 1 atom stereocenters. The van der Waals surface area contributed by atoms with Gasteiger partial charge < -0.3 is 11.1 Å². The minimum Gasteiger partial charge on any atom is -0.348 e. The summed E-state index contributed by atoms with van der Waals surface area (Å²) in [5.41, 5.74) is 6.16. The SMILES string of the molecule is CC(C)(C)C(CN)NC(=O)c1cccc(Cl)c1. The van der Waals surface area contributed by atoms with Crippen LogP contribution >= 0.6 is 11.6 Å². The summed E-state index contributed by atoms with van der Waals surface area (Å²) in [4.78, 5) is 12.0. The standard InChI is InChI=1S/C13H19ClN2O/c1-13(2,3)11(8-15)16-12(17)9-5-4-6-10(14)7-9/h4-7,11H,8,15H2,1-3H3,(H,16,17). The van der Waals surface area contributed by atoms with Gasteiger partial charge in [-0.1, -0.05) is 38.4 Å². The van der Waals surface area contributed by atoms with Crippen LogP contribution in [-0.2, 0) is 0 Å². The summed E-state index contributed by atoms with van der Waals surface area (Å²) >= 11 is 5.84. The van der Waals surface area contributed by atoms with Crippen LogP contribution in [0.4, 0.5) is 0 Å². The first kappa shape index (κ1) is 14.0. The van der Waals surface area contributed by atoms with Crippen molar-refractivity contribution in [1.29, 1.82) is 0 Å². The van der Waals surface area contributed by atoms with Gasteiger partial charge in [-0.15, -0.1) is 0 Å². The molecule has 0 radical (unpaired) electrons. The monoisotopic (exact) mass is 254 g/mol. The highest BCUT2D eigenvalue weighted by molar-refractivity contribution is 6.30. The van der Waals surface area contributed by atoms with E-state index in [1.54, 1.807) is 24.3 Å². The van der Waals surface area contributed by atoms with Gasteiger partial charge in [-0.3, -0.25) is 4.79 Å². The number of carbonyl (C=O) groups excluding carboxylic acids is 1. The maximum absolute atomic E-state index is 12.0. The number of benzene rings is 1. The molecule has 0 aliphatic heterocycles. The number of nitrogens with one attached hydrogen (secondary N) is 1. The van der Waals surface area contributed by atoms with Crippen LogP contribution < -0.4 is 11.1 Å². The van der Waals surface area contributed by atoms with E-state index < -0.39 is 0 Å². The highest BCUT2D eigenvalue weighted by atomic mass is 35.5. The van der Waals surface area contributed by atoms with Crippen molar-refractivity contribution in [2.75, 3.05) is 6.54 Å². The molecule has 0 spiro atoms. The highest BCUT2D eigenvalue weighted by Crippen LogP contribution is 2.19. The normalized spacial score (nSPS) is 13.2. The molecule has 4 heteroatoms. The molecule has 0 bridgehead atoms. The van der Waals surface area contributed by atoms with E-state index in [2.05, 4.69) is 5.32 Å². The fourth-order valence-electron chi connectivity index (χ4n) is 1.50. The van der Waals surface area contributed by atoms with Crippen LogP contribution in [0.15, 0.2) is 24.3 Å². The molecule has 0 aliphatic rings. The second kappa shape index (κ2) is 5.52. The lowest BCUT2D eigenvalue weighted by Gasteiger charge is -2.30. The molecule has 0 heterocycles. The molecule has 0 aliphatic carbocycles. The topological polar surface area (TPSA) is 55.1 Å². The summed E-state index contributed by atoms with van der Waals surface area (Å²) in [7, 11) is 0. The molecule has 0 fully saturated rings. The molecule has 1 aromatic carbocycles. The van der Waals surface area contributed by atoms with Gasteiger partial charge in [0.15, 0.2) is 0 Å². The van der Waals surface area contributed by atoms with E-state index in [4.69, 9.17) is 17.3 Å². The lowest BCUT2D eigenvalue weighted by molar-refractivity contribution is 0.0905. The van der Waals surface area contributed by atoms with Gasteiger partial charge in [0, 0.05) is 23.2 Å². The maximum atomic E-state index is 12.0. The van der Waals surface area contributed by atoms with Crippen molar-refractivity contribution in [3.63, 3.8) is 0 Å². The summed E-state index contributed by atoms with van der Waals surface area (Å²) in [6.07, 6.45) is 0. The van der Waals surface area contributed by atoms with E-state index in [9.17, 15) is 4.79 Å². The molecule has 3 nitrogen and oxygen atoms in total. The van der Waals surface area contributed by atoms with E-state index in [0.717, 1.165) is 0 Å². The second-order valence-electron chi connectivity index (χ2n) is 5.14. The number of hydrogen-bond donors (Lipinski definition) is 2. The first-order valence-electron chi connectivity index (χ1n) is 5.61. The zero-order valence-corrected chi connectivity index (χ0v) is 11.2. The first-order chi connectivity index (χ1) is 7.84. The number of carbonyl (C=O) groups is 1. The van der Waals surface area contributed by atoms with Crippen molar-refractivity contribution < 1.29 is 4.79 Å². The van der Waals surface area contributed by atoms with E-state index in [1.807, 2.05) is 20.8 Å². The van der Waals surface area contributed by atoms with Crippen LogP contribution in [0.5, 0.6) is 0 Å². The molecule has 1 aromatic rings. The van der Waals surface area contributed by atoms with Crippen molar-refractivity contribution in [2.45, 2.75) is 26.8 Å². The Bertz CT molecular complexity index is 399. The quantitative estimate of drug-likeness (QED) is 0.871. The largest absolute Gasteiger partial charge is 0.348 e. The molecule has 1 unspecified atom stereocenters. The Morgan fingerprint density at radius 1 is 1.47 bits per heavy atom. The predicted molar refractivity (Wildman–Crippen MR) is 71.2 cm³/mol. The van der Waals surface area contributed by atoms with Gasteiger partial charge in [0.1, 0.15) is 0 Å². The maximum Gasteiger partial charge on any atom is 0.251 e. The van der Waals surface area contributed by atoms with Gasteiger partial charge >= 0.3 is 0 Å². The fourth-order valence-corrected chi connectivity index (χ4v) is 1.69. The van der Waals surface area contributed by atoms with Gasteiger partial charge in [0.05, 0.1) is 0 Å². The Hall–Kier alpha value is -1.06. The molecule has 0 saturated heterocycles.